The molecule has 0 radical (unpaired) electrons. The zero-order chi connectivity index (χ0) is 13.5. The second kappa shape index (κ2) is 7.47. The zero-order valence-corrected chi connectivity index (χ0v) is 12.5. The minimum absolute atomic E-state index is 0.811. The van der Waals surface area contributed by atoms with Crippen LogP contribution in [0, 0.1) is 5.92 Å². The van der Waals surface area contributed by atoms with Gasteiger partial charge in [0.1, 0.15) is 0 Å². The van der Waals surface area contributed by atoms with E-state index in [0.29, 0.717) is 0 Å². The highest BCUT2D eigenvalue weighted by molar-refractivity contribution is 5.69. The van der Waals surface area contributed by atoms with Crippen LogP contribution in [-0.2, 0) is 0 Å². The van der Waals surface area contributed by atoms with Crippen LogP contribution in [0.25, 0.3) is 5.57 Å². The summed E-state index contributed by atoms with van der Waals surface area (Å²) < 4.78 is 0. The molecule has 0 amide bonds. The highest BCUT2D eigenvalue weighted by Gasteiger charge is 2.21. The smallest absolute Gasteiger partial charge is 0.0343 e. The molecule has 0 aromatic carbocycles. The Labute approximate surface area is 118 Å². The molecule has 19 heavy (non-hydrogen) atoms. The van der Waals surface area contributed by atoms with Crippen molar-refractivity contribution in [3.8, 4) is 0 Å². The second-order valence-corrected chi connectivity index (χ2v) is 5.73. The Morgan fingerprint density at radius 3 is 2.47 bits per heavy atom. The van der Waals surface area contributed by atoms with Gasteiger partial charge in [-0.3, -0.25) is 4.98 Å². The molecule has 0 unspecified atom stereocenters. The minimum Gasteiger partial charge on any atom is -0.264 e. The fourth-order valence-corrected chi connectivity index (χ4v) is 3.44. The maximum atomic E-state index is 4.31. The molecule has 1 aromatic heterocycles. The van der Waals surface area contributed by atoms with Crippen molar-refractivity contribution < 1.29 is 0 Å². The van der Waals surface area contributed by atoms with E-state index in [1.165, 1.54) is 56.9 Å². The van der Waals surface area contributed by atoms with E-state index in [1.54, 1.807) is 11.1 Å². The lowest BCUT2D eigenvalue weighted by molar-refractivity contribution is 0.476. The number of aromatic nitrogens is 1. The number of nitrogens with zero attached hydrogens (tertiary/aromatic N) is 1. The van der Waals surface area contributed by atoms with Gasteiger partial charge in [0.2, 0.25) is 0 Å². The first-order valence-electron chi connectivity index (χ1n) is 7.99. The number of pyridine rings is 1. The van der Waals surface area contributed by atoms with E-state index in [0.717, 1.165) is 5.92 Å². The van der Waals surface area contributed by atoms with Gasteiger partial charge in [0.15, 0.2) is 0 Å². The van der Waals surface area contributed by atoms with Gasteiger partial charge < -0.3 is 0 Å². The predicted molar refractivity (Wildman–Crippen MR) is 82.9 cm³/mol. The summed E-state index contributed by atoms with van der Waals surface area (Å²) in [6.07, 6.45) is 14.5. The van der Waals surface area contributed by atoms with Gasteiger partial charge in [-0.1, -0.05) is 38.3 Å². The molecular formula is C18H27N. The van der Waals surface area contributed by atoms with Gasteiger partial charge in [0.25, 0.3) is 0 Å². The molecule has 0 spiro atoms. The van der Waals surface area contributed by atoms with E-state index in [1.807, 2.05) is 6.20 Å². The van der Waals surface area contributed by atoms with E-state index in [-0.39, 0.29) is 0 Å². The van der Waals surface area contributed by atoms with Crippen molar-refractivity contribution in [2.45, 2.75) is 65.2 Å². The Kier molecular flexibility index (Phi) is 5.62. The molecule has 0 N–H and O–H groups in total. The second-order valence-electron chi connectivity index (χ2n) is 5.73. The van der Waals surface area contributed by atoms with Crippen LogP contribution in [-0.4, -0.2) is 4.98 Å². The lowest BCUT2D eigenvalue weighted by Gasteiger charge is -2.27. The van der Waals surface area contributed by atoms with Crippen LogP contribution in [0.2, 0.25) is 0 Å². The molecular weight excluding hydrogens is 230 g/mol. The quantitative estimate of drug-likeness (QED) is 0.644. The summed E-state index contributed by atoms with van der Waals surface area (Å²) in [5.41, 5.74) is 4.74. The third-order valence-electron chi connectivity index (χ3n) is 4.29. The molecule has 0 saturated heterocycles. The number of hydrogen-bond acceptors (Lipinski definition) is 1. The SMILES string of the molecule is CCCC(CCC)C1=C(c2cccnc2)CCCC1. The summed E-state index contributed by atoms with van der Waals surface area (Å²) in [7, 11) is 0. The van der Waals surface area contributed by atoms with E-state index in [4.69, 9.17) is 0 Å². The summed E-state index contributed by atoms with van der Waals surface area (Å²) in [5, 5.41) is 0. The summed E-state index contributed by atoms with van der Waals surface area (Å²) in [5.74, 6) is 0.811. The van der Waals surface area contributed by atoms with Gasteiger partial charge in [-0.2, -0.15) is 0 Å². The Morgan fingerprint density at radius 2 is 1.84 bits per heavy atom. The fraction of sp³-hybridized carbons (Fsp3) is 0.611. The lowest BCUT2D eigenvalue weighted by atomic mass is 9.78. The molecule has 1 heteroatoms. The molecule has 104 valence electrons. The van der Waals surface area contributed by atoms with Gasteiger partial charge >= 0.3 is 0 Å². The van der Waals surface area contributed by atoms with E-state index < -0.39 is 0 Å². The average molecular weight is 257 g/mol. The van der Waals surface area contributed by atoms with Crippen LogP contribution < -0.4 is 0 Å². The highest BCUT2D eigenvalue weighted by atomic mass is 14.6. The van der Waals surface area contributed by atoms with Crippen LogP contribution in [0.3, 0.4) is 0 Å². The monoisotopic (exact) mass is 257 g/mol. The van der Waals surface area contributed by atoms with Crippen molar-refractivity contribution in [1.82, 2.24) is 4.98 Å². The van der Waals surface area contributed by atoms with Gasteiger partial charge in [-0.05, 0) is 61.6 Å². The number of rotatable bonds is 6. The van der Waals surface area contributed by atoms with Crippen molar-refractivity contribution in [3.05, 3.63) is 35.7 Å². The maximum absolute atomic E-state index is 4.31. The number of hydrogen-bond donors (Lipinski definition) is 0. The topological polar surface area (TPSA) is 12.9 Å². The summed E-state index contributed by atoms with van der Waals surface area (Å²) in [4.78, 5) is 4.31. The standard InChI is InChI=1S/C18H27N/c1-3-8-15(9-4-2)17-11-5-6-12-18(17)16-10-7-13-19-14-16/h7,10,13-15H,3-6,8-9,11-12H2,1-2H3. The van der Waals surface area contributed by atoms with Crippen LogP contribution in [0.15, 0.2) is 30.1 Å². The van der Waals surface area contributed by atoms with Crippen molar-refractivity contribution in [3.63, 3.8) is 0 Å². The van der Waals surface area contributed by atoms with E-state index in [9.17, 15) is 0 Å². The van der Waals surface area contributed by atoms with Crippen molar-refractivity contribution in [2.75, 3.05) is 0 Å². The van der Waals surface area contributed by atoms with Gasteiger partial charge in [-0.25, -0.2) is 0 Å². The van der Waals surface area contributed by atoms with Crippen molar-refractivity contribution in [1.29, 1.82) is 0 Å². The molecule has 1 aliphatic carbocycles. The third-order valence-corrected chi connectivity index (χ3v) is 4.29. The Morgan fingerprint density at radius 1 is 1.11 bits per heavy atom. The van der Waals surface area contributed by atoms with Gasteiger partial charge in [0.05, 0.1) is 0 Å². The van der Waals surface area contributed by atoms with Gasteiger partial charge in [0, 0.05) is 12.4 Å². The van der Waals surface area contributed by atoms with E-state index in [2.05, 4.69) is 37.2 Å². The van der Waals surface area contributed by atoms with Crippen LogP contribution >= 0.6 is 0 Å². The minimum atomic E-state index is 0.811. The molecule has 0 fully saturated rings. The third kappa shape index (κ3) is 3.68. The first-order valence-corrected chi connectivity index (χ1v) is 7.99. The van der Waals surface area contributed by atoms with Gasteiger partial charge in [-0.15, -0.1) is 0 Å². The summed E-state index contributed by atoms with van der Waals surface area (Å²) in [6, 6.07) is 4.31. The summed E-state index contributed by atoms with van der Waals surface area (Å²) in [6.45, 7) is 4.63. The van der Waals surface area contributed by atoms with Crippen LogP contribution in [0.5, 0.6) is 0 Å². The molecule has 0 atom stereocenters. The molecule has 2 rings (SSSR count). The predicted octanol–water partition coefficient (Wildman–Crippen LogP) is 5.63. The largest absolute Gasteiger partial charge is 0.264 e. The normalized spacial score (nSPS) is 16.2. The lowest BCUT2D eigenvalue weighted by Crippen LogP contribution is -2.10. The summed E-state index contributed by atoms with van der Waals surface area (Å²) >= 11 is 0. The molecule has 0 aliphatic heterocycles. The maximum Gasteiger partial charge on any atom is 0.0343 e. The number of allylic oxidation sites excluding steroid dienone is 2. The Bertz CT molecular complexity index is 399. The molecule has 1 aliphatic rings. The molecule has 1 nitrogen and oxygen atoms in total. The molecule has 0 saturated carbocycles. The van der Waals surface area contributed by atoms with Crippen LogP contribution in [0.1, 0.15) is 70.8 Å². The first kappa shape index (κ1) is 14.3. The van der Waals surface area contributed by atoms with Crippen molar-refractivity contribution >= 4 is 5.57 Å². The zero-order valence-electron chi connectivity index (χ0n) is 12.5. The Balaban J connectivity index is 2.32. The highest BCUT2D eigenvalue weighted by Crippen LogP contribution is 2.39. The van der Waals surface area contributed by atoms with E-state index >= 15 is 0 Å². The first-order chi connectivity index (χ1) is 9.36. The fourth-order valence-electron chi connectivity index (χ4n) is 3.44. The molecule has 1 aromatic rings. The molecule has 1 heterocycles. The molecule has 0 bridgehead atoms. The van der Waals surface area contributed by atoms with Crippen LogP contribution in [0.4, 0.5) is 0 Å². The Hall–Kier alpha value is -1.11. The van der Waals surface area contributed by atoms with Crippen molar-refractivity contribution in [2.24, 2.45) is 5.92 Å². The average Bonchev–Trinajstić information content (AvgIpc) is 2.48.